The van der Waals surface area contributed by atoms with Crippen LogP contribution in [0, 0.1) is 6.92 Å². The second kappa shape index (κ2) is 8.33. The summed E-state index contributed by atoms with van der Waals surface area (Å²) in [6.07, 6.45) is 0.405. The van der Waals surface area contributed by atoms with Gasteiger partial charge in [0.05, 0.1) is 20.6 Å². The van der Waals surface area contributed by atoms with Gasteiger partial charge >= 0.3 is 0 Å². The quantitative estimate of drug-likeness (QED) is 0.812. The second-order valence-electron chi connectivity index (χ2n) is 7.06. The van der Waals surface area contributed by atoms with Crippen LogP contribution in [0.25, 0.3) is 0 Å². The van der Waals surface area contributed by atoms with Gasteiger partial charge < -0.3 is 19.3 Å². The molecule has 0 saturated carbocycles. The van der Waals surface area contributed by atoms with Crippen molar-refractivity contribution in [3.63, 3.8) is 0 Å². The number of hydrogen-bond donors (Lipinski definition) is 0. The van der Waals surface area contributed by atoms with Crippen LogP contribution in [0.5, 0.6) is 11.5 Å². The third-order valence-corrected chi connectivity index (χ3v) is 5.19. The molecule has 1 saturated heterocycles. The van der Waals surface area contributed by atoms with E-state index in [2.05, 4.69) is 17.9 Å². The van der Waals surface area contributed by atoms with E-state index in [1.807, 2.05) is 48.2 Å². The number of carbonyl (C=O) groups excluding carboxylic acids is 1. The van der Waals surface area contributed by atoms with Gasteiger partial charge in [0.15, 0.2) is 0 Å². The van der Waals surface area contributed by atoms with Crippen LogP contribution in [0.2, 0.25) is 0 Å². The molecule has 0 spiro atoms. The van der Waals surface area contributed by atoms with Gasteiger partial charge in [-0.1, -0.05) is 18.2 Å². The standard InChI is InChI=1S/C22H28N2O3/c1-16-8-9-18(12-21(16)27-4)13-22(25)23-10-11-24(17(2)15-23)19-6-5-7-20(14-19)26-3/h5-9,12,14,17H,10-11,13,15H2,1-4H3. The summed E-state index contributed by atoms with van der Waals surface area (Å²) in [7, 11) is 3.34. The summed E-state index contributed by atoms with van der Waals surface area (Å²) in [6.45, 7) is 6.43. The summed E-state index contributed by atoms with van der Waals surface area (Å²) in [5.74, 6) is 1.85. The van der Waals surface area contributed by atoms with Crippen molar-refractivity contribution in [2.75, 3.05) is 38.8 Å². The number of rotatable bonds is 5. The maximum atomic E-state index is 12.8. The third-order valence-electron chi connectivity index (χ3n) is 5.19. The number of piperazine rings is 1. The Balaban J connectivity index is 1.64. The first kappa shape index (κ1) is 19.1. The zero-order valence-electron chi connectivity index (χ0n) is 16.6. The molecule has 0 radical (unpaired) electrons. The molecule has 1 fully saturated rings. The van der Waals surface area contributed by atoms with Crippen LogP contribution < -0.4 is 14.4 Å². The van der Waals surface area contributed by atoms with Gasteiger partial charge in [0, 0.05) is 37.4 Å². The highest BCUT2D eigenvalue weighted by atomic mass is 16.5. The number of anilines is 1. The van der Waals surface area contributed by atoms with Gasteiger partial charge in [-0.05, 0) is 43.2 Å². The molecule has 1 amide bonds. The van der Waals surface area contributed by atoms with Crippen molar-refractivity contribution in [3.05, 3.63) is 53.6 Å². The Morgan fingerprint density at radius 3 is 2.63 bits per heavy atom. The van der Waals surface area contributed by atoms with Gasteiger partial charge in [0.1, 0.15) is 11.5 Å². The molecule has 1 atom stereocenters. The monoisotopic (exact) mass is 368 g/mol. The Morgan fingerprint density at radius 2 is 1.93 bits per heavy atom. The summed E-state index contributed by atoms with van der Waals surface area (Å²) in [5, 5.41) is 0. The van der Waals surface area contributed by atoms with Crippen molar-refractivity contribution in [2.45, 2.75) is 26.3 Å². The summed E-state index contributed by atoms with van der Waals surface area (Å²) >= 11 is 0. The predicted molar refractivity (Wildman–Crippen MR) is 108 cm³/mol. The lowest BCUT2D eigenvalue weighted by atomic mass is 10.1. The van der Waals surface area contributed by atoms with Crippen LogP contribution in [0.15, 0.2) is 42.5 Å². The molecule has 0 N–H and O–H groups in total. The van der Waals surface area contributed by atoms with Crippen LogP contribution in [0.1, 0.15) is 18.1 Å². The van der Waals surface area contributed by atoms with Gasteiger partial charge in [-0.25, -0.2) is 0 Å². The van der Waals surface area contributed by atoms with E-state index in [9.17, 15) is 4.79 Å². The van der Waals surface area contributed by atoms with E-state index in [4.69, 9.17) is 9.47 Å². The van der Waals surface area contributed by atoms with Crippen molar-refractivity contribution in [2.24, 2.45) is 0 Å². The fraction of sp³-hybridized carbons (Fsp3) is 0.409. The fourth-order valence-electron chi connectivity index (χ4n) is 3.62. The number of hydrogen-bond acceptors (Lipinski definition) is 4. The van der Waals surface area contributed by atoms with Gasteiger partial charge in [0.2, 0.25) is 5.91 Å². The SMILES string of the molecule is COc1cccc(N2CCN(C(=O)Cc3ccc(C)c(OC)c3)CC2C)c1. The van der Waals surface area contributed by atoms with Crippen LogP contribution in [0.3, 0.4) is 0 Å². The van der Waals surface area contributed by atoms with E-state index in [0.29, 0.717) is 6.42 Å². The molecule has 1 aliphatic heterocycles. The Bertz CT molecular complexity index is 806. The van der Waals surface area contributed by atoms with Crippen molar-refractivity contribution < 1.29 is 14.3 Å². The number of ether oxygens (including phenoxy) is 2. The molecule has 2 aromatic carbocycles. The molecule has 5 nitrogen and oxygen atoms in total. The van der Waals surface area contributed by atoms with Crippen molar-refractivity contribution in [3.8, 4) is 11.5 Å². The molecule has 1 unspecified atom stereocenters. The number of aryl methyl sites for hydroxylation is 1. The first-order valence-corrected chi connectivity index (χ1v) is 9.34. The Kier molecular flexibility index (Phi) is 5.89. The summed E-state index contributed by atoms with van der Waals surface area (Å²) < 4.78 is 10.7. The van der Waals surface area contributed by atoms with Gasteiger partial charge in [-0.3, -0.25) is 4.79 Å². The second-order valence-corrected chi connectivity index (χ2v) is 7.06. The minimum absolute atomic E-state index is 0.165. The highest BCUT2D eigenvalue weighted by Gasteiger charge is 2.27. The van der Waals surface area contributed by atoms with Crippen LogP contribution in [-0.2, 0) is 11.2 Å². The maximum Gasteiger partial charge on any atom is 0.227 e. The van der Waals surface area contributed by atoms with E-state index < -0.39 is 0 Å². The van der Waals surface area contributed by atoms with Crippen LogP contribution in [0.4, 0.5) is 5.69 Å². The molecular weight excluding hydrogens is 340 g/mol. The van der Waals surface area contributed by atoms with Crippen molar-refractivity contribution >= 4 is 11.6 Å². The molecule has 3 rings (SSSR count). The van der Waals surface area contributed by atoms with E-state index in [0.717, 1.165) is 47.9 Å². The van der Waals surface area contributed by atoms with Gasteiger partial charge in [-0.15, -0.1) is 0 Å². The number of benzene rings is 2. The Labute approximate surface area is 161 Å². The zero-order chi connectivity index (χ0) is 19.4. The smallest absolute Gasteiger partial charge is 0.227 e. The van der Waals surface area contributed by atoms with Crippen LogP contribution in [-0.4, -0.2) is 50.7 Å². The number of methoxy groups -OCH3 is 2. The van der Waals surface area contributed by atoms with E-state index in [-0.39, 0.29) is 11.9 Å². The van der Waals surface area contributed by atoms with Crippen molar-refractivity contribution in [1.29, 1.82) is 0 Å². The highest BCUT2D eigenvalue weighted by Crippen LogP contribution is 2.25. The lowest BCUT2D eigenvalue weighted by Crippen LogP contribution is -2.54. The predicted octanol–water partition coefficient (Wildman–Crippen LogP) is 3.29. The molecule has 0 aliphatic carbocycles. The largest absolute Gasteiger partial charge is 0.497 e. The topological polar surface area (TPSA) is 42.0 Å². The fourth-order valence-corrected chi connectivity index (χ4v) is 3.62. The third kappa shape index (κ3) is 4.35. The summed E-state index contributed by atoms with van der Waals surface area (Å²) in [6, 6.07) is 14.3. The van der Waals surface area contributed by atoms with E-state index in [1.54, 1.807) is 14.2 Å². The van der Waals surface area contributed by atoms with E-state index in [1.165, 1.54) is 0 Å². The first-order chi connectivity index (χ1) is 13.0. The Morgan fingerprint density at radius 1 is 1.11 bits per heavy atom. The normalized spacial score (nSPS) is 17.0. The molecule has 0 bridgehead atoms. The molecule has 0 aromatic heterocycles. The lowest BCUT2D eigenvalue weighted by Gasteiger charge is -2.41. The summed E-state index contributed by atoms with van der Waals surface area (Å²) in [5.41, 5.74) is 3.21. The molecule has 27 heavy (non-hydrogen) atoms. The lowest BCUT2D eigenvalue weighted by molar-refractivity contribution is -0.131. The molecule has 1 heterocycles. The van der Waals surface area contributed by atoms with Gasteiger partial charge in [-0.2, -0.15) is 0 Å². The molecule has 1 aliphatic rings. The van der Waals surface area contributed by atoms with E-state index >= 15 is 0 Å². The molecule has 2 aromatic rings. The highest BCUT2D eigenvalue weighted by molar-refractivity contribution is 5.79. The van der Waals surface area contributed by atoms with Crippen LogP contribution >= 0.6 is 0 Å². The molecular formula is C22H28N2O3. The number of nitrogens with zero attached hydrogens (tertiary/aromatic N) is 2. The minimum atomic E-state index is 0.165. The van der Waals surface area contributed by atoms with Crippen molar-refractivity contribution in [1.82, 2.24) is 4.90 Å². The van der Waals surface area contributed by atoms with Gasteiger partial charge in [0.25, 0.3) is 0 Å². The maximum absolute atomic E-state index is 12.8. The average molecular weight is 368 g/mol. The Hall–Kier alpha value is -2.69. The number of carbonyl (C=O) groups is 1. The molecule has 5 heteroatoms. The average Bonchev–Trinajstić information content (AvgIpc) is 2.69. The minimum Gasteiger partial charge on any atom is -0.497 e. The first-order valence-electron chi connectivity index (χ1n) is 9.34. The molecule has 144 valence electrons. The zero-order valence-corrected chi connectivity index (χ0v) is 16.6. The number of amides is 1. The summed E-state index contributed by atoms with van der Waals surface area (Å²) in [4.78, 5) is 17.1.